The fourth-order valence-electron chi connectivity index (χ4n) is 6.31. The van der Waals surface area contributed by atoms with E-state index in [1.54, 1.807) is 60.7 Å². The minimum atomic E-state index is -0.701. The first-order valence-corrected chi connectivity index (χ1v) is 16.6. The number of carbonyl (C=O) groups is 2. The van der Waals surface area contributed by atoms with Crippen LogP contribution in [0.4, 0.5) is 0 Å². The number of nitrogens with two attached hydrogens (primary N) is 6. The molecule has 14 N–H and O–H groups in total. The van der Waals surface area contributed by atoms with Crippen LogP contribution in [0.5, 0.6) is 11.5 Å². The predicted octanol–water partition coefficient (Wildman–Crippen LogP) is 2.11. The molecule has 0 saturated carbocycles. The van der Waals surface area contributed by atoms with Crippen molar-refractivity contribution in [2.45, 2.75) is 13.1 Å². The minimum Gasteiger partial charge on any atom is -0.494 e. The van der Waals surface area contributed by atoms with Gasteiger partial charge in [-0.25, -0.2) is 32.7 Å². The van der Waals surface area contributed by atoms with Crippen LogP contribution < -0.4 is 55.2 Å². The summed E-state index contributed by atoms with van der Waals surface area (Å²) in [6.07, 6.45) is 0. The number of ether oxygens (including phenoxy) is 2. The van der Waals surface area contributed by atoms with Gasteiger partial charge in [-0.3, -0.25) is 9.59 Å². The number of halogens is 2. The Morgan fingerprint density at radius 2 is 1.04 bits per heavy atom. The van der Waals surface area contributed by atoms with Crippen molar-refractivity contribution in [3.05, 3.63) is 93.0 Å². The van der Waals surface area contributed by atoms with E-state index in [0.717, 1.165) is 0 Å². The van der Waals surface area contributed by atoms with Gasteiger partial charge in [0.1, 0.15) is 22.7 Å². The van der Waals surface area contributed by atoms with Crippen LogP contribution in [-0.4, -0.2) is 56.8 Å². The fraction of sp³-hybridized carbons (Fsp3) is 0.118. The van der Waals surface area contributed by atoms with Crippen molar-refractivity contribution in [1.29, 1.82) is 0 Å². The maximum Gasteiger partial charge on any atom is 0.252 e. The van der Waals surface area contributed by atoms with Crippen molar-refractivity contribution >= 4 is 68.8 Å². The summed E-state index contributed by atoms with van der Waals surface area (Å²) in [5.41, 5.74) is 32.5. The quantitative estimate of drug-likeness (QED) is 0.0362. The molecule has 18 nitrogen and oxygen atoms in total. The number of hydrogen-bond acceptors (Lipinski definition) is 12. The summed E-state index contributed by atoms with van der Waals surface area (Å²) in [5, 5.41) is 8.68. The molecule has 4 aromatic carbocycles. The average Bonchev–Trinajstić information content (AvgIpc) is 3.71. The highest BCUT2D eigenvalue weighted by Gasteiger charge is 2.26. The van der Waals surface area contributed by atoms with Crippen molar-refractivity contribution in [3.63, 3.8) is 0 Å². The van der Waals surface area contributed by atoms with Gasteiger partial charge >= 0.3 is 0 Å². The summed E-state index contributed by atoms with van der Waals surface area (Å²) in [4.78, 5) is 34.8. The fourth-order valence-corrected chi connectivity index (χ4v) is 6.65. The first kappa shape index (κ1) is 37.2. The first-order chi connectivity index (χ1) is 25.9. The lowest BCUT2D eigenvalue weighted by Gasteiger charge is -2.16. The van der Waals surface area contributed by atoms with Gasteiger partial charge in [-0.1, -0.05) is 23.2 Å². The van der Waals surface area contributed by atoms with Gasteiger partial charge in [-0.15, -0.1) is 10.2 Å². The Bertz CT molecular complexity index is 2350. The van der Waals surface area contributed by atoms with Crippen LogP contribution in [0.1, 0.15) is 31.8 Å². The van der Waals surface area contributed by atoms with Gasteiger partial charge in [0.2, 0.25) is 0 Å². The number of fused-ring (bicyclic) bond motifs is 2. The highest BCUT2D eigenvalue weighted by Crippen LogP contribution is 2.38. The monoisotopic (exact) mass is 772 g/mol. The van der Waals surface area contributed by atoms with Gasteiger partial charge in [-0.2, -0.15) is 0 Å². The van der Waals surface area contributed by atoms with Gasteiger partial charge < -0.3 is 41.5 Å². The topological polar surface area (TPSA) is 293 Å². The molecule has 2 amide bonds. The summed E-state index contributed by atoms with van der Waals surface area (Å²) in [5.74, 6) is 10.8. The molecule has 6 aromatic rings. The third-order valence-corrected chi connectivity index (χ3v) is 9.07. The van der Waals surface area contributed by atoms with Gasteiger partial charge in [0.25, 0.3) is 11.8 Å². The lowest BCUT2D eigenvalue weighted by Crippen LogP contribution is -2.24. The van der Waals surface area contributed by atoms with E-state index in [9.17, 15) is 9.59 Å². The Balaban J connectivity index is 1.64. The van der Waals surface area contributed by atoms with E-state index in [1.165, 1.54) is 14.2 Å². The number of hydrazine groups is 2. The molecule has 0 spiro atoms. The molecular formula is C34H34Cl2N14O4. The first-order valence-electron chi connectivity index (χ1n) is 15.9. The third kappa shape index (κ3) is 6.61. The highest BCUT2D eigenvalue weighted by atomic mass is 35.5. The molecule has 0 saturated heterocycles. The molecule has 278 valence electrons. The summed E-state index contributed by atoms with van der Waals surface area (Å²) < 4.78 is 15.2. The van der Waals surface area contributed by atoms with Crippen molar-refractivity contribution in [3.8, 4) is 34.3 Å². The SMILES string of the molecule is COc1c(C(N)=O)ccc2c1nc(-c1ccc(Cl)cc1/C(N)=N/NN)n2CCn1c(-c2ccc(Cl)cc2/C(N)=N/NN)nc2c(OC)c(C(N)=O)ccc21. The number of methoxy groups -OCH3 is 2. The smallest absolute Gasteiger partial charge is 0.252 e. The number of nitrogens with zero attached hydrogens (tertiary/aromatic N) is 6. The predicted molar refractivity (Wildman–Crippen MR) is 207 cm³/mol. The van der Waals surface area contributed by atoms with Gasteiger partial charge in [0, 0.05) is 45.4 Å². The number of hydrazone groups is 2. The second-order valence-electron chi connectivity index (χ2n) is 11.6. The minimum absolute atomic E-state index is 0.0279. The van der Waals surface area contributed by atoms with Crippen LogP contribution in [0.2, 0.25) is 10.0 Å². The Morgan fingerprint density at radius 3 is 1.37 bits per heavy atom. The zero-order chi connectivity index (χ0) is 38.8. The van der Waals surface area contributed by atoms with Gasteiger partial charge in [0.05, 0.1) is 36.4 Å². The number of aryl methyl sites for hydroxylation is 2. The lowest BCUT2D eigenvalue weighted by molar-refractivity contribution is 0.0989. The molecule has 0 aliphatic carbocycles. The van der Waals surface area contributed by atoms with Crippen LogP contribution >= 0.6 is 23.2 Å². The third-order valence-electron chi connectivity index (χ3n) is 8.60. The van der Waals surface area contributed by atoms with E-state index in [-0.39, 0.29) is 47.4 Å². The van der Waals surface area contributed by atoms with Gasteiger partial charge in [-0.05, 0) is 60.7 Å². The lowest BCUT2D eigenvalue weighted by atomic mass is 10.1. The molecule has 0 bridgehead atoms. The number of imidazole rings is 2. The van der Waals surface area contributed by atoms with E-state index >= 15 is 0 Å². The molecule has 0 radical (unpaired) electrons. The molecular weight excluding hydrogens is 739 g/mol. The van der Waals surface area contributed by atoms with Crippen molar-refractivity contribution in [2.24, 2.45) is 44.8 Å². The molecule has 2 heterocycles. The van der Waals surface area contributed by atoms with Crippen LogP contribution in [0.3, 0.4) is 0 Å². The molecule has 20 heteroatoms. The van der Waals surface area contributed by atoms with Crippen molar-refractivity contribution in [1.82, 2.24) is 30.2 Å². The van der Waals surface area contributed by atoms with Gasteiger partial charge in [0.15, 0.2) is 23.2 Å². The van der Waals surface area contributed by atoms with E-state index < -0.39 is 11.8 Å². The number of rotatable bonds is 13. The van der Waals surface area contributed by atoms with Crippen molar-refractivity contribution in [2.75, 3.05) is 14.2 Å². The Labute approximate surface area is 316 Å². The summed E-state index contributed by atoms with van der Waals surface area (Å²) in [6.45, 7) is 0.433. The summed E-state index contributed by atoms with van der Waals surface area (Å²) >= 11 is 12.8. The van der Waals surface area contributed by atoms with Crippen molar-refractivity contribution < 1.29 is 19.1 Å². The molecule has 2 aromatic heterocycles. The molecule has 0 unspecified atom stereocenters. The number of carbonyl (C=O) groups excluding carboxylic acids is 2. The largest absolute Gasteiger partial charge is 0.494 e. The average molecular weight is 774 g/mol. The highest BCUT2D eigenvalue weighted by molar-refractivity contribution is 6.31. The molecule has 54 heavy (non-hydrogen) atoms. The second kappa shape index (κ2) is 15.2. The van der Waals surface area contributed by atoms with E-state index in [1.807, 2.05) is 9.13 Å². The van der Waals surface area contributed by atoms with Crippen LogP contribution in [0.25, 0.3) is 44.8 Å². The summed E-state index contributed by atoms with van der Waals surface area (Å²) in [6, 6.07) is 16.6. The second-order valence-corrected chi connectivity index (χ2v) is 12.4. The number of primary amides is 2. The van der Waals surface area contributed by atoms with Crippen LogP contribution in [-0.2, 0) is 13.1 Å². The van der Waals surface area contributed by atoms with Crippen LogP contribution in [0.15, 0.2) is 70.9 Å². The normalized spacial score (nSPS) is 12.0. The number of aromatic nitrogens is 4. The zero-order valence-electron chi connectivity index (χ0n) is 28.7. The number of amides is 2. The molecule has 6 rings (SSSR count). The van der Waals surface area contributed by atoms with E-state index in [0.29, 0.717) is 66.0 Å². The number of amidine groups is 2. The molecule has 0 fully saturated rings. The number of hydrogen-bond donors (Lipinski definition) is 8. The van der Waals surface area contributed by atoms with Crippen LogP contribution in [0, 0.1) is 0 Å². The Hall–Kier alpha value is -6.60. The molecule has 0 aliphatic rings. The maximum atomic E-state index is 12.4. The number of benzene rings is 4. The molecule has 0 aliphatic heterocycles. The maximum absolute atomic E-state index is 12.4. The zero-order valence-corrected chi connectivity index (χ0v) is 30.2. The van der Waals surface area contributed by atoms with E-state index in [2.05, 4.69) is 21.3 Å². The Morgan fingerprint density at radius 1 is 0.648 bits per heavy atom. The summed E-state index contributed by atoms with van der Waals surface area (Å²) in [7, 11) is 2.84. The standard InChI is InChI=1S/C34H34Cl2N14O4/c1-53-27-19(31(39)51)7-9-23-25(27)43-33(17-5-3-15(35)13-21(17)29(37)45-47-41)49(23)11-12-50-24-10-8-20(32(40)52)28(54-2)26(24)44-34(50)18-6-4-16(36)14-22(18)30(38)46-48-42/h3-10,13-14,47-48H,11-12,41-42H2,1-2H3,(H2,37,45)(H2,38,46)(H2,39,51)(H2,40,52). The molecule has 0 atom stereocenters. The Kier molecular flexibility index (Phi) is 10.4. The van der Waals surface area contributed by atoms with E-state index in [4.69, 9.17) is 77.3 Å². The number of nitrogens with one attached hydrogen (secondary N) is 2.